The summed E-state index contributed by atoms with van der Waals surface area (Å²) in [5.74, 6) is 1.24. The van der Waals surface area contributed by atoms with Gasteiger partial charge in [0.2, 0.25) is 0 Å². The van der Waals surface area contributed by atoms with Crippen molar-refractivity contribution in [2.45, 2.75) is 33.9 Å². The van der Waals surface area contributed by atoms with Gasteiger partial charge >= 0.3 is 6.18 Å². The third-order valence-electron chi connectivity index (χ3n) is 11.6. The van der Waals surface area contributed by atoms with Crippen molar-refractivity contribution in [2.24, 2.45) is 0 Å². The van der Waals surface area contributed by atoms with Crippen molar-refractivity contribution in [3.05, 3.63) is 204 Å². The van der Waals surface area contributed by atoms with Crippen LogP contribution in [0.15, 0.2) is 176 Å². The van der Waals surface area contributed by atoms with E-state index < -0.39 is 11.7 Å². The molecule has 306 valence electrons. The van der Waals surface area contributed by atoms with Crippen molar-refractivity contribution in [1.82, 2.24) is 19.5 Å². The van der Waals surface area contributed by atoms with Crippen LogP contribution in [0.4, 0.5) is 13.2 Å². The Morgan fingerprint density at radius 2 is 0.841 bits per heavy atom. The summed E-state index contributed by atoms with van der Waals surface area (Å²) < 4.78 is 45.2. The first kappa shape index (κ1) is 39.5. The van der Waals surface area contributed by atoms with Gasteiger partial charge in [0.15, 0.2) is 17.5 Å². The Kier molecular flexibility index (Phi) is 9.83. The summed E-state index contributed by atoms with van der Waals surface area (Å²) in [5, 5.41) is 2.15. The molecule has 0 aliphatic heterocycles. The Hall–Kier alpha value is -7.64. The molecule has 2 aromatic heterocycles. The van der Waals surface area contributed by atoms with Gasteiger partial charge in [-0.25, -0.2) is 15.0 Å². The fourth-order valence-corrected chi connectivity index (χ4v) is 8.84. The third-order valence-corrected chi connectivity index (χ3v) is 11.6. The second-order valence-corrected chi connectivity index (χ2v) is 16.4. The van der Waals surface area contributed by atoms with Crippen molar-refractivity contribution in [3.63, 3.8) is 0 Å². The molecule has 0 spiro atoms. The summed E-state index contributed by atoms with van der Waals surface area (Å²) in [6, 6.07) is 57.1. The molecule has 4 nitrogen and oxygen atoms in total. The molecule has 8 aromatic carbocycles. The van der Waals surface area contributed by atoms with Crippen LogP contribution >= 0.6 is 0 Å². The number of rotatable bonds is 7. The molecule has 0 radical (unpaired) electrons. The lowest BCUT2D eigenvalue weighted by molar-refractivity contribution is -0.137. The van der Waals surface area contributed by atoms with Gasteiger partial charge in [-0.1, -0.05) is 162 Å². The second kappa shape index (κ2) is 15.7. The Bertz CT molecular complexity index is 3160. The summed E-state index contributed by atoms with van der Waals surface area (Å²) in [4.78, 5) is 15.1. The minimum Gasteiger partial charge on any atom is -0.309 e. The van der Waals surface area contributed by atoms with Crippen LogP contribution in [0.25, 0.3) is 95.0 Å². The van der Waals surface area contributed by atoms with E-state index in [9.17, 15) is 13.2 Å². The number of halogens is 3. The van der Waals surface area contributed by atoms with Crippen molar-refractivity contribution in [2.75, 3.05) is 0 Å². The van der Waals surface area contributed by atoms with E-state index >= 15 is 0 Å². The maximum atomic E-state index is 14.3. The number of fused-ring (bicyclic) bond motifs is 3. The molecule has 0 aliphatic rings. The summed E-state index contributed by atoms with van der Waals surface area (Å²) in [7, 11) is 0. The van der Waals surface area contributed by atoms with E-state index in [1.54, 1.807) is 6.07 Å². The zero-order chi connectivity index (χ0) is 43.4. The Balaban J connectivity index is 1.28. The standard InChI is InChI=1S/C56H41F3N4/c1-34-24-35(2)27-43(26-34)40-18-21-48-49-22-19-41(44-28-36(3)25-37(4)29-44)32-52(49)63(51(48)31-40)46-20-23-47(42-16-11-17-45(30-42)56(57,58)59)50(33-46)55-61-53(38-12-7-5-8-13-38)60-54(62-55)39-14-9-6-10-15-39/h5-33H,1-4H3. The highest BCUT2D eigenvalue weighted by Crippen LogP contribution is 2.41. The smallest absolute Gasteiger partial charge is 0.309 e. The van der Waals surface area contributed by atoms with Gasteiger partial charge in [0.1, 0.15) is 0 Å². The molecular weight excluding hydrogens is 786 g/mol. The predicted molar refractivity (Wildman–Crippen MR) is 251 cm³/mol. The summed E-state index contributed by atoms with van der Waals surface area (Å²) in [6.45, 7) is 8.45. The van der Waals surface area contributed by atoms with E-state index in [4.69, 9.17) is 15.0 Å². The zero-order valence-corrected chi connectivity index (χ0v) is 35.2. The number of aryl methyl sites for hydroxylation is 4. The molecule has 0 atom stereocenters. The lowest BCUT2D eigenvalue weighted by Gasteiger charge is -2.17. The molecule has 0 saturated carbocycles. The van der Waals surface area contributed by atoms with E-state index in [0.29, 0.717) is 34.2 Å². The maximum absolute atomic E-state index is 14.3. The monoisotopic (exact) mass is 826 g/mol. The fraction of sp³-hybridized carbons (Fsp3) is 0.0893. The minimum atomic E-state index is -4.53. The molecule has 10 rings (SSSR count). The summed E-state index contributed by atoms with van der Waals surface area (Å²) in [5.41, 5.74) is 14.3. The average Bonchev–Trinajstić information content (AvgIpc) is 3.61. The molecule has 2 heterocycles. The number of alkyl halides is 3. The molecule has 7 heteroatoms. The van der Waals surface area contributed by atoms with Gasteiger partial charge in [-0.3, -0.25) is 0 Å². The fourth-order valence-electron chi connectivity index (χ4n) is 8.84. The summed E-state index contributed by atoms with van der Waals surface area (Å²) in [6.07, 6.45) is -4.53. The molecule has 0 N–H and O–H groups in total. The normalized spacial score (nSPS) is 11.7. The van der Waals surface area contributed by atoms with Gasteiger partial charge in [0.05, 0.1) is 16.6 Å². The van der Waals surface area contributed by atoms with Crippen LogP contribution in [0.2, 0.25) is 0 Å². The van der Waals surface area contributed by atoms with Gasteiger partial charge in [-0.2, -0.15) is 13.2 Å². The number of benzene rings is 8. The molecular formula is C56H41F3N4. The third kappa shape index (κ3) is 7.67. The van der Waals surface area contributed by atoms with Crippen molar-refractivity contribution in [1.29, 1.82) is 0 Å². The van der Waals surface area contributed by atoms with E-state index in [1.165, 1.54) is 34.4 Å². The maximum Gasteiger partial charge on any atom is 0.416 e. The van der Waals surface area contributed by atoms with Crippen LogP contribution in [-0.4, -0.2) is 19.5 Å². The minimum absolute atomic E-state index is 0.338. The molecule has 10 aromatic rings. The van der Waals surface area contributed by atoms with Gasteiger partial charge < -0.3 is 4.57 Å². The van der Waals surface area contributed by atoms with E-state index in [-0.39, 0.29) is 0 Å². The van der Waals surface area contributed by atoms with Gasteiger partial charge in [0.25, 0.3) is 0 Å². The molecule has 0 fully saturated rings. The van der Waals surface area contributed by atoms with Crippen LogP contribution in [0.1, 0.15) is 27.8 Å². The van der Waals surface area contributed by atoms with E-state index in [0.717, 1.165) is 66.9 Å². The second-order valence-electron chi connectivity index (χ2n) is 16.4. The Morgan fingerprint density at radius 1 is 0.365 bits per heavy atom. The summed E-state index contributed by atoms with van der Waals surface area (Å²) >= 11 is 0. The largest absolute Gasteiger partial charge is 0.416 e. The van der Waals surface area contributed by atoms with Crippen molar-refractivity contribution in [3.8, 4) is 73.2 Å². The van der Waals surface area contributed by atoms with Crippen LogP contribution in [-0.2, 0) is 6.18 Å². The highest BCUT2D eigenvalue weighted by molar-refractivity contribution is 6.11. The number of hydrogen-bond donors (Lipinski definition) is 0. The number of nitrogens with zero attached hydrogens (tertiary/aromatic N) is 4. The van der Waals surface area contributed by atoms with E-state index in [1.807, 2.05) is 78.9 Å². The lowest BCUT2D eigenvalue weighted by Crippen LogP contribution is -2.05. The first-order valence-corrected chi connectivity index (χ1v) is 20.9. The highest BCUT2D eigenvalue weighted by Gasteiger charge is 2.31. The molecule has 63 heavy (non-hydrogen) atoms. The molecule has 0 aliphatic carbocycles. The van der Waals surface area contributed by atoms with Crippen LogP contribution in [0.5, 0.6) is 0 Å². The number of aromatic nitrogens is 4. The van der Waals surface area contributed by atoms with Gasteiger partial charge in [0, 0.05) is 33.2 Å². The molecule has 0 saturated heterocycles. The first-order chi connectivity index (χ1) is 30.4. The molecule has 0 unspecified atom stereocenters. The SMILES string of the molecule is Cc1cc(C)cc(-c2ccc3c4ccc(-c5cc(C)cc(C)c5)cc4n(-c4ccc(-c5cccc(C(F)(F)F)c5)c(-c5nc(-c6ccccc6)nc(-c6ccccc6)n5)c4)c3c2)c1. The zero-order valence-electron chi connectivity index (χ0n) is 35.2. The topological polar surface area (TPSA) is 43.6 Å². The predicted octanol–water partition coefficient (Wildman–Crippen LogP) is 15.2. The molecule has 0 bridgehead atoms. The first-order valence-electron chi connectivity index (χ1n) is 20.9. The van der Waals surface area contributed by atoms with Gasteiger partial charge in [-0.05, 0) is 97.5 Å². The highest BCUT2D eigenvalue weighted by atomic mass is 19.4. The Morgan fingerprint density at radius 3 is 1.33 bits per heavy atom. The lowest BCUT2D eigenvalue weighted by atomic mass is 9.96. The number of hydrogen-bond acceptors (Lipinski definition) is 3. The average molecular weight is 827 g/mol. The van der Waals surface area contributed by atoms with Gasteiger partial charge in [-0.15, -0.1) is 0 Å². The quantitative estimate of drug-likeness (QED) is 0.161. The van der Waals surface area contributed by atoms with E-state index in [2.05, 4.69) is 105 Å². The molecule has 0 amide bonds. The van der Waals surface area contributed by atoms with Crippen molar-refractivity contribution < 1.29 is 13.2 Å². The Labute approximate surface area is 364 Å². The van der Waals surface area contributed by atoms with Crippen LogP contribution in [0.3, 0.4) is 0 Å². The van der Waals surface area contributed by atoms with Crippen LogP contribution < -0.4 is 0 Å². The van der Waals surface area contributed by atoms with Crippen LogP contribution in [0, 0.1) is 27.7 Å². The van der Waals surface area contributed by atoms with Crippen molar-refractivity contribution >= 4 is 21.8 Å².